The maximum absolute atomic E-state index is 12.9. The van der Waals surface area contributed by atoms with Crippen LogP contribution in [0.5, 0.6) is 0 Å². The van der Waals surface area contributed by atoms with Gasteiger partial charge in [0.25, 0.3) is 0 Å². The highest BCUT2D eigenvalue weighted by molar-refractivity contribution is 7.99. The van der Waals surface area contributed by atoms with Gasteiger partial charge >= 0.3 is 18.1 Å². The van der Waals surface area contributed by atoms with E-state index in [9.17, 15) is 31.5 Å². The van der Waals surface area contributed by atoms with Crippen molar-refractivity contribution in [3.8, 4) is 0 Å². The third-order valence-electron chi connectivity index (χ3n) is 11.2. The number of halogens is 5. The molecule has 9 heteroatoms. The molecular formula is C34H51F5O3S. The van der Waals surface area contributed by atoms with E-state index in [4.69, 9.17) is 4.74 Å². The molecule has 0 aromatic carbocycles. The van der Waals surface area contributed by atoms with Gasteiger partial charge in [-0.05, 0) is 105 Å². The van der Waals surface area contributed by atoms with Crippen molar-refractivity contribution < 1.29 is 36.3 Å². The van der Waals surface area contributed by atoms with E-state index in [0.29, 0.717) is 47.5 Å². The highest BCUT2D eigenvalue weighted by Crippen LogP contribution is 2.64. The third-order valence-corrected chi connectivity index (χ3v) is 12.4. The molecule has 43 heavy (non-hydrogen) atoms. The van der Waals surface area contributed by atoms with Crippen molar-refractivity contribution in [2.75, 3.05) is 11.5 Å². The summed E-state index contributed by atoms with van der Waals surface area (Å²) < 4.78 is 68.4. The average Bonchev–Trinajstić information content (AvgIpc) is 3.25. The molecule has 0 N–H and O–H groups in total. The first-order valence-electron chi connectivity index (χ1n) is 16.8. The van der Waals surface area contributed by atoms with Crippen molar-refractivity contribution in [2.45, 2.75) is 141 Å². The van der Waals surface area contributed by atoms with Crippen LogP contribution in [-0.4, -0.2) is 41.5 Å². The van der Waals surface area contributed by atoms with Crippen molar-refractivity contribution in [2.24, 2.45) is 35.0 Å². The summed E-state index contributed by atoms with van der Waals surface area (Å²) >= 11 is 1.47. The number of fused-ring (bicyclic) bond motifs is 5. The van der Waals surface area contributed by atoms with E-state index < -0.39 is 18.5 Å². The minimum atomic E-state index is -5.45. The number of ether oxygens (including phenoxy) is 1. The fraction of sp³-hybridized carbons (Fsp3) is 0.882. The predicted molar refractivity (Wildman–Crippen MR) is 161 cm³/mol. The van der Waals surface area contributed by atoms with Gasteiger partial charge in [-0.1, -0.05) is 51.0 Å². The van der Waals surface area contributed by atoms with Gasteiger partial charge < -0.3 is 4.74 Å². The minimum Gasteiger partial charge on any atom is -0.462 e. The predicted octanol–water partition coefficient (Wildman–Crippen LogP) is 10.1. The lowest BCUT2D eigenvalue weighted by molar-refractivity contribution is -0.284. The Balaban J connectivity index is 1.17. The summed E-state index contributed by atoms with van der Waals surface area (Å²) in [5.74, 6) is -0.301. The third kappa shape index (κ3) is 8.58. The molecule has 246 valence electrons. The van der Waals surface area contributed by atoms with Crippen molar-refractivity contribution in [3.63, 3.8) is 0 Å². The van der Waals surface area contributed by atoms with Gasteiger partial charge in [-0.3, -0.25) is 9.59 Å². The monoisotopic (exact) mass is 634 g/mol. The van der Waals surface area contributed by atoms with E-state index in [2.05, 4.69) is 6.92 Å². The fourth-order valence-electron chi connectivity index (χ4n) is 9.15. The van der Waals surface area contributed by atoms with Crippen molar-refractivity contribution in [1.29, 1.82) is 0 Å². The Morgan fingerprint density at radius 2 is 1.63 bits per heavy atom. The molecule has 0 amide bonds. The molecule has 0 radical (unpaired) electrons. The number of hydrogen-bond acceptors (Lipinski definition) is 4. The van der Waals surface area contributed by atoms with Gasteiger partial charge in [-0.15, -0.1) is 0 Å². The number of thioether (sulfide) groups is 1. The number of esters is 1. The van der Waals surface area contributed by atoms with Crippen LogP contribution in [-0.2, 0) is 14.3 Å². The number of carbonyl (C=O) groups excluding carboxylic acids is 2. The van der Waals surface area contributed by atoms with E-state index >= 15 is 0 Å². The van der Waals surface area contributed by atoms with Gasteiger partial charge in [-0.2, -0.15) is 33.7 Å². The van der Waals surface area contributed by atoms with Gasteiger partial charge in [0.1, 0.15) is 6.10 Å². The molecule has 7 atom stereocenters. The number of allylic oxidation sites excluding steroid dienone is 1. The highest BCUT2D eigenvalue weighted by atomic mass is 32.2. The van der Waals surface area contributed by atoms with Gasteiger partial charge in [-0.25, -0.2) is 0 Å². The first-order chi connectivity index (χ1) is 20.3. The van der Waals surface area contributed by atoms with Gasteiger partial charge in [0.2, 0.25) is 0 Å². The molecule has 0 bridgehead atoms. The SMILES string of the molecule is CC(=O)O[C@H]1CCC2C3C(CCCCCCCCCSCCCC(F)(F)C(F)(F)F)CC4=CC(=O)CCC4C3CC[C@@]21C. The molecule has 4 aliphatic rings. The van der Waals surface area contributed by atoms with Crippen molar-refractivity contribution in [3.05, 3.63) is 11.6 Å². The number of rotatable bonds is 15. The van der Waals surface area contributed by atoms with Gasteiger partial charge in [0.15, 0.2) is 5.78 Å². The molecule has 0 spiro atoms. The van der Waals surface area contributed by atoms with Crippen molar-refractivity contribution >= 4 is 23.5 Å². The quantitative estimate of drug-likeness (QED) is 0.102. The first-order valence-corrected chi connectivity index (χ1v) is 17.9. The van der Waals surface area contributed by atoms with Crippen LogP contribution in [0.25, 0.3) is 0 Å². The molecule has 5 unspecified atom stereocenters. The fourth-order valence-corrected chi connectivity index (χ4v) is 10.1. The Kier molecular flexibility index (Phi) is 12.1. The molecule has 0 heterocycles. The van der Waals surface area contributed by atoms with Crippen molar-refractivity contribution in [1.82, 2.24) is 0 Å². The van der Waals surface area contributed by atoms with Crippen LogP contribution in [0.1, 0.15) is 123 Å². The summed E-state index contributed by atoms with van der Waals surface area (Å²) in [5, 5.41) is 0. The molecule has 4 aliphatic carbocycles. The van der Waals surface area contributed by atoms with E-state index in [1.54, 1.807) is 0 Å². The van der Waals surface area contributed by atoms with E-state index in [-0.39, 0.29) is 23.9 Å². The normalized spacial score (nSPS) is 32.5. The van der Waals surface area contributed by atoms with Gasteiger partial charge in [0.05, 0.1) is 0 Å². The first kappa shape index (κ1) is 34.7. The Morgan fingerprint density at radius 3 is 2.33 bits per heavy atom. The molecule has 3 nitrogen and oxygen atoms in total. The molecule has 3 fully saturated rings. The van der Waals surface area contributed by atoms with Crippen LogP contribution >= 0.6 is 11.8 Å². The zero-order chi connectivity index (χ0) is 31.3. The maximum atomic E-state index is 12.9. The van der Waals surface area contributed by atoms with E-state index in [1.165, 1.54) is 56.4 Å². The number of ketones is 1. The number of unbranched alkanes of at least 4 members (excludes halogenated alkanes) is 6. The second-order valence-electron chi connectivity index (χ2n) is 14.0. The Morgan fingerprint density at radius 1 is 0.953 bits per heavy atom. The second-order valence-corrected chi connectivity index (χ2v) is 15.3. The largest absolute Gasteiger partial charge is 0.462 e. The lowest BCUT2D eigenvalue weighted by atomic mass is 9.49. The lowest BCUT2D eigenvalue weighted by Gasteiger charge is -2.56. The summed E-state index contributed by atoms with van der Waals surface area (Å²) in [5.41, 5.74) is 1.47. The van der Waals surface area contributed by atoms with E-state index in [0.717, 1.165) is 63.5 Å². The van der Waals surface area contributed by atoms with E-state index in [1.807, 2.05) is 6.08 Å². The van der Waals surface area contributed by atoms with Crippen LogP contribution < -0.4 is 0 Å². The van der Waals surface area contributed by atoms with Crippen LogP contribution in [0.4, 0.5) is 22.0 Å². The summed E-state index contributed by atoms with van der Waals surface area (Å²) in [6, 6.07) is 0. The highest BCUT2D eigenvalue weighted by Gasteiger charge is 2.59. The Labute approximate surface area is 258 Å². The topological polar surface area (TPSA) is 43.4 Å². The summed E-state index contributed by atoms with van der Waals surface area (Å²) in [4.78, 5) is 24.2. The summed E-state index contributed by atoms with van der Waals surface area (Å²) in [6.07, 6.45) is 11.5. The zero-order valence-electron chi connectivity index (χ0n) is 26.0. The van der Waals surface area contributed by atoms with Crippen LogP contribution in [0, 0.1) is 35.0 Å². The Bertz CT molecular complexity index is 982. The molecule has 0 aromatic heterocycles. The lowest BCUT2D eigenvalue weighted by Crippen LogP contribution is -2.51. The second kappa shape index (κ2) is 15.0. The molecule has 0 aliphatic heterocycles. The maximum Gasteiger partial charge on any atom is 0.453 e. The average molecular weight is 635 g/mol. The molecular weight excluding hydrogens is 583 g/mol. The number of alkyl halides is 5. The summed E-state index contributed by atoms with van der Waals surface area (Å²) in [6.45, 7) is 3.89. The van der Waals surface area contributed by atoms with Gasteiger partial charge in [0, 0.05) is 25.2 Å². The molecule has 0 saturated heterocycles. The van der Waals surface area contributed by atoms with Crippen LogP contribution in [0.15, 0.2) is 11.6 Å². The molecule has 4 rings (SSSR count). The minimum absolute atomic E-state index is 0.0269. The van der Waals surface area contributed by atoms with Crippen LogP contribution in [0.3, 0.4) is 0 Å². The molecule has 0 aromatic rings. The number of carbonyl (C=O) groups is 2. The molecule has 3 saturated carbocycles. The number of hydrogen-bond donors (Lipinski definition) is 0. The smallest absolute Gasteiger partial charge is 0.453 e. The van der Waals surface area contributed by atoms with Crippen LogP contribution in [0.2, 0.25) is 0 Å². The Hall–Kier alpha value is -1.12. The standard InChI is InChI=1S/C34H51F5O3S/c1-23(40)42-30-15-14-29-31-24(21-25-22-26(41)12-13-27(25)28(31)16-18-32(29,30)2)11-8-6-4-3-5-7-9-19-43-20-10-17-33(35,36)34(37,38)39/h22,24,27-31H,3-21H2,1-2H3/t24?,27?,28?,29?,30-,31?,32-/m0/s1. The summed E-state index contributed by atoms with van der Waals surface area (Å²) in [7, 11) is 0. The zero-order valence-corrected chi connectivity index (χ0v) is 26.8.